The lowest BCUT2D eigenvalue weighted by Crippen LogP contribution is -2.34. The van der Waals surface area contributed by atoms with Crippen LogP contribution < -0.4 is 0 Å². The number of hydrogen-bond donors (Lipinski definition) is 0. The molecule has 4 amide bonds. The van der Waals surface area contributed by atoms with Gasteiger partial charge in [-0.15, -0.1) is 0 Å². The number of carbonyl (C=O) groups excluding carboxylic acids is 4. The van der Waals surface area contributed by atoms with Gasteiger partial charge in [0.25, 0.3) is 23.6 Å². The predicted molar refractivity (Wildman–Crippen MR) is 68.0 cm³/mol. The maximum absolute atomic E-state index is 11.9. The molecule has 0 saturated heterocycles. The van der Waals surface area contributed by atoms with Crippen molar-refractivity contribution in [1.29, 1.82) is 0 Å². The van der Waals surface area contributed by atoms with E-state index >= 15 is 0 Å². The smallest absolute Gasteiger partial charge is 0.268 e. The summed E-state index contributed by atoms with van der Waals surface area (Å²) in [6.45, 7) is 6.16. The highest BCUT2D eigenvalue weighted by Crippen LogP contribution is 2.33. The van der Waals surface area contributed by atoms with Crippen molar-refractivity contribution in [3.63, 3.8) is 0 Å². The molecule has 0 saturated carbocycles. The fraction of sp³-hybridized carbons (Fsp3) is 0.333. The lowest BCUT2D eigenvalue weighted by Gasteiger charge is -2.19. The fourth-order valence-electron chi connectivity index (χ4n) is 1.67. The van der Waals surface area contributed by atoms with Crippen LogP contribution in [0, 0.1) is 0 Å². The molecule has 100 valence electrons. The Morgan fingerprint density at radius 3 is 1.00 bits per heavy atom. The summed E-state index contributed by atoms with van der Waals surface area (Å²) in [5.74, 6) is -1.96. The molecule has 2 heterocycles. The van der Waals surface area contributed by atoms with Crippen LogP contribution in [0.5, 0.6) is 0 Å². The van der Waals surface area contributed by atoms with E-state index in [1.54, 1.807) is 27.7 Å². The van der Waals surface area contributed by atoms with Gasteiger partial charge in [-0.3, -0.25) is 19.2 Å². The Hall–Kier alpha value is -1.89. The minimum atomic E-state index is -0.490. The van der Waals surface area contributed by atoms with Gasteiger partial charge >= 0.3 is 0 Å². The predicted octanol–water partition coefficient (Wildman–Crippen LogP) is 0.960. The molecule has 2 rings (SSSR count). The van der Waals surface area contributed by atoms with E-state index in [1.807, 2.05) is 0 Å². The van der Waals surface area contributed by atoms with Crippen molar-refractivity contribution < 1.29 is 19.2 Å². The van der Waals surface area contributed by atoms with Crippen LogP contribution >= 0.6 is 12.1 Å². The monoisotopic (exact) mass is 280 g/mol. The molecule has 0 spiro atoms. The first-order valence-electron chi connectivity index (χ1n) is 5.58. The molecule has 7 heteroatoms. The summed E-state index contributed by atoms with van der Waals surface area (Å²) < 4.78 is 1.68. The Morgan fingerprint density at radius 2 is 0.789 bits per heavy atom. The molecule has 19 heavy (non-hydrogen) atoms. The first-order chi connectivity index (χ1) is 8.77. The van der Waals surface area contributed by atoms with Gasteiger partial charge in [-0.2, -0.15) is 8.61 Å². The first-order valence-corrected chi connectivity index (χ1v) is 6.31. The van der Waals surface area contributed by atoms with Crippen LogP contribution in [0.25, 0.3) is 0 Å². The summed E-state index contributed by atoms with van der Waals surface area (Å²) in [4.78, 5) is 47.4. The van der Waals surface area contributed by atoms with Crippen LogP contribution in [0.15, 0.2) is 22.3 Å². The van der Waals surface area contributed by atoms with Crippen molar-refractivity contribution in [1.82, 2.24) is 8.61 Å². The molecule has 0 aromatic carbocycles. The molecular formula is C12H12N2O4S. The molecule has 0 aromatic rings. The van der Waals surface area contributed by atoms with Crippen LogP contribution in [0.2, 0.25) is 0 Å². The summed E-state index contributed by atoms with van der Waals surface area (Å²) in [5, 5.41) is 0. The summed E-state index contributed by atoms with van der Waals surface area (Å²) in [7, 11) is 0. The van der Waals surface area contributed by atoms with Crippen LogP contribution in [-0.2, 0) is 19.2 Å². The lowest BCUT2D eigenvalue weighted by molar-refractivity contribution is -0.132. The summed E-state index contributed by atoms with van der Waals surface area (Å²) in [6.07, 6.45) is 0. The largest absolute Gasteiger partial charge is 0.268 e. The number of imide groups is 2. The van der Waals surface area contributed by atoms with E-state index in [0.717, 1.165) is 8.61 Å². The third-order valence-corrected chi connectivity index (χ3v) is 4.30. The average molecular weight is 280 g/mol. The standard InChI is InChI=1S/C12H12N2O4S/c1-5-6(2)10(16)13(9(5)15)19-14-11(17)7(3)8(4)12(14)18/h1-4H3. The van der Waals surface area contributed by atoms with E-state index in [2.05, 4.69) is 0 Å². The second kappa shape index (κ2) is 4.34. The minimum Gasteiger partial charge on any atom is -0.268 e. The van der Waals surface area contributed by atoms with Gasteiger partial charge in [0.15, 0.2) is 0 Å². The van der Waals surface area contributed by atoms with Crippen LogP contribution in [0.1, 0.15) is 27.7 Å². The molecule has 0 bridgehead atoms. The maximum atomic E-state index is 11.9. The van der Waals surface area contributed by atoms with Gasteiger partial charge in [0.05, 0.1) is 12.1 Å². The molecule has 2 aliphatic rings. The number of amides is 4. The van der Waals surface area contributed by atoms with E-state index in [0.29, 0.717) is 34.4 Å². The quantitative estimate of drug-likeness (QED) is 0.556. The molecular weight excluding hydrogens is 268 g/mol. The molecule has 0 aliphatic carbocycles. The Bertz CT molecular complexity index is 503. The number of rotatable bonds is 2. The highest BCUT2D eigenvalue weighted by Gasteiger charge is 2.41. The normalized spacial score (nSPS) is 20.6. The van der Waals surface area contributed by atoms with Crippen LogP contribution in [-0.4, -0.2) is 32.2 Å². The van der Waals surface area contributed by atoms with E-state index < -0.39 is 23.6 Å². The highest BCUT2D eigenvalue weighted by molar-refractivity contribution is 7.97. The van der Waals surface area contributed by atoms with Crippen molar-refractivity contribution in [2.75, 3.05) is 0 Å². The minimum absolute atomic E-state index is 0.331. The first kappa shape index (κ1) is 13.5. The Morgan fingerprint density at radius 1 is 0.579 bits per heavy atom. The molecule has 0 fully saturated rings. The van der Waals surface area contributed by atoms with Gasteiger partial charge in [0, 0.05) is 22.3 Å². The van der Waals surface area contributed by atoms with Gasteiger partial charge in [-0.05, 0) is 27.7 Å². The van der Waals surface area contributed by atoms with E-state index in [4.69, 9.17) is 0 Å². The van der Waals surface area contributed by atoms with Crippen LogP contribution in [0.4, 0.5) is 0 Å². The topological polar surface area (TPSA) is 74.8 Å². The van der Waals surface area contributed by atoms with Gasteiger partial charge in [0.2, 0.25) is 0 Å². The molecule has 0 N–H and O–H groups in total. The molecule has 6 nitrogen and oxygen atoms in total. The number of nitrogens with zero attached hydrogens (tertiary/aromatic N) is 2. The fourth-order valence-corrected chi connectivity index (χ4v) is 2.67. The Labute approximate surface area is 114 Å². The summed E-state index contributed by atoms with van der Waals surface area (Å²) in [6, 6.07) is 0. The summed E-state index contributed by atoms with van der Waals surface area (Å²) >= 11 is 0.547. The molecule has 0 unspecified atom stereocenters. The summed E-state index contributed by atoms with van der Waals surface area (Å²) in [5.41, 5.74) is 1.33. The molecule has 0 radical (unpaired) electrons. The number of carbonyl (C=O) groups is 4. The third kappa shape index (κ3) is 1.81. The van der Waals surface area contributed by atoms with E-state index in [-0.39, 0.29) is 0 Å². The number of hydrogen-bond acceptors (Lipinski definition) is 5. The maximum Gasteiger partial charge on any atom is 0.268 e. The van der Waals surface area contributed by atoms with Gasteiger partial charge in [-0.25, -0.2) is 0 Å². The van der Waals surface area contributed by atoms with Crippen molar-refractivity contribution in [2.24, 2.45) is 0 Å². The van der Waals surface area contributed by atoms with Crippen molar-refractivity contribution in [3.8, 4) is 0 Å². The van der Waals surface area contributed by atoms with E-state index in [9.17, 15) is 19.2 Å². The van der Waals surface area contributed by atoms with E-state index in [1.165, 1.54) is 0 Å². The van der Waals surface area contributed by atoms with Crippen molar-refractivity contribution in [2.45, 2.75) is 27.7 Å². The second-order valence-corrected chi connectivity index (χ2v) is 5.28. The van der Waals surface area contributed by atoms with Crippen LogP contribution in [0.3, 0.4) is 0 Å². The van der Waals surface area contributed by atoms with Crippen molar-refractivity contribution in [3.05, 3.63) is 22.3 Å². The molecule has 0 aromatic heterocycles. The zero-order valence-corrected chi connectivity index (χ0v) is 11.8. The Balaban J connectivity index is 2.22. The lowest BCUT2D eigenvalue weighted by atomic mass is 10.2. The molecule has 0 atom stereocenters. The zero-order chi connectivity index (χ0) is 14.5. The van der Waals surface area contributed by atoms with Crippen molar-refractivity contribution >= 4 is 35.8 Å². The third-order valence-electron chi connectivity index (χ3n) is 3.31. The van der Waals surface area contributed by atoms with Gasteiger partial charge in [-0.1, -0.05) is 0 Å². The zero-order valence-electron chi connectivity index (χ0n) is 10.9. The average Bonchev–Trinajstić information content (AvgIpc) is 2.68. The second-order valence-electron chi connectivity index (χ2n) is 4.39. The Kier molecular flexibility index (Phi) is 3.09. The van der Waals surface area contributed by atoms with Gasteiger partial charge in [0.1, 0.15) is 0 Å². The van der Waals surface area contributed by atoms with Gasteiger partial charge < -0.3 is 0 Å². The SMILES string of the molecule is CC1=C(C)C(=O)N(SN2C(=O)C(C)=C(C)C2=O)C1=O. The molecule has 2 aliphatic heterocycles. The highest BCUT2D eigenvalue weighted by atomic mass is 32.2.